The molecule has 3 aromatic rings. The van der Waals surface area contributed by atoms with E-state index in [0.717, 1.165) is 18.2 Å². The lowest BCUT2D eigenvalue weighted by Gasteiger charge is -2.07. The fraction of sp³-hybridized carbons (Fsp3) is 0.136. The molecule has 0 bridgehead atoms. The number of hydrogen-bond donors (Lipinski definition) is 1. The number of ether oxygens (including phenoxy) is 1. The Hall–Kier alpha value is -3.37. The number of hydrogen-bond acceptors (Lipinski definition) is 5. The number of carbonyl (C=O) groups is 1. The second kappa shape index (κ2) is 9.84. The molecule has 0 radical (unpaired) electrons. The van der Waals surface area contributed by atoms with Crippen LogP contribution < -0.4 is 4.72 Å². The van der Waals surface area contributed by atoms with E-state index >= 15 is 0 Å². The lowest BCUT2D eigenvalue weighted by molar-refractivity contribution is -0.139. The van der Waals surface area contributed by atoms with Crippen molar-refractivity contribution in [2.75, 3.05) is 0 Å². The zero-order valence-corrected chi connectivity index (χ0v) is 17.3. The number of nitrogens with one attached hydrogen (secondary N) is 1. The first-order chi connectivity index (χ1) is 15.1. The Bertz CT molecular complexity index is 1170. The summed E-state index contributed by atoms with van der Waals surface area (Å²) in [6.45, 7) is -0.165. The Morgan fingerprint density at radius 3 is 2.31 bits per heavy atom. The minimum absolute atomic E-state index is 0.0156. The molecule has 0 aliphatic rings. The molecule has 1 aromatic heterocycles. The summed E-state index contributed by atoms with van der Waals surface area (Å²) in [6.07, 6.45) is -0.411. The highest BCUT2D eigenvalue weighted by Gasteiger charge is 2.29. The number of alkyl halides is 3. The number of sulfonamides is 1. The topological polar surface area (TPSA) is 85.6 Å². The smallest absolute Gasteiger partial charge is 0.416 e. The van der Waals surface area contributed by atoms with Crippen molar-refractivity contribution in [2.45, 2.75) is 24.2 Å². The van der Waals surface area contributed by atoms with Crippen molar-refractivity contribution >= 4 is 22.1 Å². The first-order valence-electron chi connectivity index (χ1n) is 9.26. The summed E-state index contributed by atoms with van der Waals surface area (Å²) < 4.78 is 74.7. The average Bonchev–Trinajstić information content (AvgIpc) is 3.29. The molecule has 168 valence electrons. The van der Waals surface area contributed by atoms with Crippen LogP contribution in [0.5, 0.6) is 0 Å². The van der Waals surface area contributed by atoms with Crippen LogP contribution in [-0.4, -0.2) is 14.4 Å². The van der Waals surface area contributed by atoms with Crippen molar-refractivity contribution in [1.82, 2.24) is 4.72 Å². The first kappa shape index (κ1) is 23.3. The third-order valence-electron chi connectivity index (χ3n) is 4.28. The van der Waals surface area contributed by atoms with Crippen molar-refractivity contribution in [3.05, 3.63) is 95.5 Å². The molecule has 10 heteroatoms. The molecule has 0 spiro atoms. The predicted molar refractivity (Wildman–Crippen MR) is 109 cm³/mol. The minimum Gasteiger partial charge on any atom is -0.468 e. The maximum Gasteiger partial charge on any atom is 0.416 e. The van der Waals surface area contributed by atoms with Gasteiger partial charge in [-0.1, -0.05) is 24.3 Å². The van der Waals surface area contributed by atoms with Crippen LogP contribution in [0.3, 0.4) is 0 Å². The summed E-state index contributed by atoms with van der Waals surface area (Å²) in [5.41, 5.74) is 0.187. The fourth-order valence-corrected chi connectivity index (χ4v) is 3.57. The number of esters is 1. The van der Waals surface area contributed by atoms with E-state index in [2.05, 4.69) is 4.72 Å². The second-order valence-electron chi connectivity index (χ2n) is 6.61. The fourth-order valence-electron chi connectivity index (χ4n) is 2.58. The summed E-state index contributed by atoms with van der Waals surface area (Å²) in [5, 5.41) is 0. The molecule has 3 rings (SSSR count). The largest absolute Gasteiger partial charge is 0.468 e. The van der Waals surface area contributed by atoms with E-state index in [-0.39, 0.29) is 18.0 Å². The molecule has 32 heavy (non-hydrogen) atoms. The van der Waals surface area contributed by atoms with E-state index in [9.17, 15) is 26.4 Å². The van der Waals surface area contributed by atoms with Gasteiger partial charge in [0, 0.05) is 6.08 Å². The van der Waals surface area contributed by atoms with Gasteiger partial charge in [0.2, 0.25) is 10.0 Å². The molecule has 0 atom stereocenters. The van der Waals surface area contributed by atoms with E-state index in [1.807, 2.05) is 0 Å². The molecular weight excluding hydrogens is 447 g/mol. The molecule has 0 saturated carbocycles. The average molecular weight is 465 g/mol. The van der Waals surface area contributed by atoms with Crippen LogP contribution in [0.4, 0.5) is 13.2 Å². The predicted octanol–water partition coefficient (Wildman–Crippen LogP) is 4.53. The molecule has 1 heterocycles. The number of rotatable bonds is 8. The molecule has 0 fully saturated rings. The van der Waals surface area contributed by atoms with Crippen molar-refractivity contribution < 1.29 is 35.5 Å². The van der Waals surface area contributed by atoms with E-state index < -0.39 is 27.7 Å². The summed E-state index contributed by atoms with van der Waals surface area (Å²) in [5.74, 6) is -0.218. The Kier molecular flexibility index (Phi) is 7.16. The molecule has 0 aliphatic carbocycles. The van der Waals surface area contributed by atoms with Gasteiger partial charge in [0.25, 0.3) is 0 Å². The Morgan fingerprint density at radius 1 is 1.03 bits per heavy atom. The van der Waals surface area contributed by atoms with E-state index in [4.69, 9.17) is 9.15 Å². The number of benzene rings is 2. The molecule has 6 nitrogen and oxygen atoms in total. The van der Waals surface area contributed by atoms with Crippen molar-refractivity contribution in [2.24, 2.45) is 0 Å². The molecule has 0 aliphatic heterocycles. The molecule has 2 aromatic carbocycles. The van der Waals surface area contributed by atoms with Crippen LogP contribution in [0.25, 0.3) is 6.08 Å². The molecule has 0 saturated heterocycles. The van der Waals surface area contributed by atoms with Gasteiger partial charge in [-0.15, -0.1) is 0 Å². The van der Waals surface area contributed by atoms with Crippen LogP contribution in [0.15, 0.2) is 82.3 Å². The normalized spacial score (nSPS) is 12.2. The van der Waals surface area contributed by atoms with Crippen molar-refractivity contribution in [3.8, 4) is 0 Å². The highest BCUT2D eigenvalue weighted by Crippen LogP contribution is 2.29. The molecular formula is C22H18F3NO5S. The van der Waals surface area contributed by atoms with Crippen molar-refractivity contribution in [1.29, 1.82) is 0 Å². The van der Waals surface area contributed by atoms with Crippen LogP contribution in [0, 0.1) is 0 Å². The Labute approximate surface area is 182 Å². The van der Waals surface area contributed by atoms with Gasteiger partial charge < -0.3 is 9.15 Å². The lowest BCUT2D eigenvalue weighted by Crippen LogP contribution is -2.22. The highest BCUT2D eigenvalue weighted by molar-refractivity contribution is 7.89. The summed E-state index contributed by atoms with van der Waals surface area (Å²) >= 11 is 0. The third-order valence-corrected chi connectivity index (χ3v) is 5.70. The second-order valence-corrected chi connectivity index (χ2v) is 8.38. The monoisotopic (exact) mass is 465 g/mol. The highest BCUT2D eigenvalue weighted by atomic mass is 32.2. The molecule has 1 N–H and O–H groups in total. The van der Waals surface area contributed by atoms with Crippen LogP contribution in [0.1, 0.15) is 22.5 Å². The standard InChI is InChI=1S/C22H18F3NO5S/c23-22(24,25)18-8-3-17(4-9-18)15-31-21(27)12-7-16-5-10-20(11-6-16)32(28,29)26-14-19-2-1-13-30-19/h1-13,26H,14-15H2/b12-7+. The lowest BCUT2D eigenvalue weighted by atomic mass is 10.1. The number of furan rings is 1. The van der Waals surface area contributed by atoms with Gasteiger partial charge in [0.1, 0.15) is 12.4 Å². The zero-order valence-electron chi connectivity index (χ0n) is 16.5. The van der Waals surface area contributed by atoms with E-state index in [0.29, 0.717) is 16.9 Å². The SMILES string of the molecule is O=C(/C=C/c1ccc(S(=O)(=O)NCc2ccco2)cc1)OCc1ccc(C(F)(F)F)cc1. The number of carbonyl (C=O) groups excluding carboxylic acids is 1. The van der Waals surface area contributed by atoms with Gasteiger partial charge in [0.05, 0.1) is 23.3 Å². The van der Waals surface area contributed by atoms with E-state index in [1.54, 1.807) is 12.1 Å². The molecule has 0 amide bonds. The Balaban J connectivity index is 1.52. The van der Waals surface area contributed by atoms with Crippen LogP contribution >= 0.6 is 0 Å². The summed E-state index contributed by atoms with van der Waals surface area (Å²) in [7, 11) is -3.73. The van der Waals surface area contributed by atoms with Gasteiger partial charge in [-0.3, -0.25) is 0 Å². The number of halogens is 3. The molecule has 0 unspecified atom stereocenters. The van der Waals surface area contributed by atoms with Gasteiger partial charge >= 0.3 is 12.1 Å². The van der Waals surface area contributed by atoms with Gasteiger partial charge in [-0.2, -0.15) is 13.2 Å². The maximum atomic E-state index is 12.5. The van der Waals surface area contributed by atoms with Crippen LogP contribution in [-0.2, 0) is 38.9 Å². The Morgan fingerprint density at radius 2 is 1.72 bits per heavy atom. The quantitative estimate of drug-likeness (QED) is 0.390. The summed E-state index contributed by atoms with van der Waals surface area (Å²) in [6, 6.07) is 13.4. The summed E-state index contributed by atoms with van der Waals surface area (Å²) in [4.78, 5) is 11.9. The van der Waals surface area contributed by atoms with Gasteiger partial charge in [0.15, 0.2) is 0 Å². The van der Waals surface area contributed by atoms with Gasteiger partial charge in [-0.05, 0) is 53.6 Å². The van der Waals surface area contributed by atoms with E-state index in [1.165, 1.54) is 48.7 Å². The third kappa shape index (κ3) is 6.56. The maximum absolute atomic E-state index is 12.5. The first-order valence-corrected chi connectivity index (χ1v) is 10.7. The van der Waals surface area contributed by atoms with Gasteiger partial charge in [-0.25, -0.2) is 17.9 Å². The zero-order chi connectivity index (χ0) is 23.2. The minimum atomic E-state index is -4.43. The van der Waals surface area contributed by atoms with Crippen molar-refractivity contribution in [3.63, 3.8) is 0 Å². The van der Waals surface area contributed by atoms with Crippen LogP contribution in [0.2, 0.25) is 0 Å².